The summed E-state index contributed by atoms with van der Waals surface area (Å²) in [6, 6.07) is 15.0. The summed E-state index contributed by atoms with van der Waals surface area (Å²) < 4.78 is 3.02. The fourth-order valence-corrected chi connectivity index (χ4v) is 2.24. The number of hydrogen-bond donors (Lipinski definition) is 1. The normalized spacial score (nSPS) is 11.6. The number of rotatable bonds is 0. The zero-order chi connectivity index (χ0) is 12.1. The molecule has 0 spiro atoms. The van der Waals surface area contributed by atoms with Gasteiger partial charge in [-0.15, -0.1) is 0 Å². The lowest BCUT2D eigenvalue weighted by molar-refractivity contribution is -0.618. The number of para-hydroxylation sites is 2. The van der Waals surface area contributed by atoms with E-state index < -0.39 is 0 Å². The number of nitrogens with one attached hydrogen (secondary N) is 1. The second-order valence-corrected chi connectivity index (χ2v) is 4.15. The van der Waals surface area contributed by atoms with Gasteiger partial charge in [0.1, 0.15) is 5.52 Å². The second-order valence-electron chi connectivity index (χ2n) is 4.15. The molecule has 0 aliphatic heterocycles. The number of H-pyrrole nitrogens is 1. The number of benzene rings is 2. The van der Waals surface area contributed by atoms with Crippen molar-refractivity contribution >= 4 is 21.9 Å². The fraction of sp³-hybridized carbons (Fsp3) is 0. The van der Waals surface area contributed by atoms with Gasteiger partial charge < -0.3 is 0 Å². The van der Waals surface area contributed by atoms with Gasteiger partial charge in [-0.1, -0.05) is 28.8 Å². The van der Waals surface area contributed by atoms with Crippen molar-refractivity contribution in [3.05, 3.63) is 58.9 Å². The Morgan fingerprint density at radius 1 is 1.06 bits per heavy atom. The Kier molecular flexibility index (Phi) is 1.64. The maximum absolute atomic E-state index is 12.4. The predicted octanol–water partition coefficient (Wildman–Crippen LogP) is 0.914. The number of aromatic amines is 1. The highest BCUT2D eigenvalue weighted by Crippen LogP contribution is 2.07. The summed E-state index contributed by atoms with van der Waals surface area (Å²) in [6.07, 6.45) is 0. The SMILES string of the molecule is O=c1c2ccccc2[nH]n2nc3ccccc3[n+]12. The summed E-state index contributed by atoms with van der Waals surface area (Å²) in [5.41, 5.74) is 2.28. The van der Waals surface area contributed by atoms with Crippen LogP contribution in [0.15, 0.2) is 53.3 Å². The van der Waals surface area contributed by atoms with Crippen LogP contribution >= 0.6 is 0 Å². The molecule has 0 aliphatic carbocycles. The molecule has 86 valence electrons. The highest BCUT2D eigenvalue weighted by molar-refractivity contribution is 5.76. The number of aromatic nitrogens is 4. The molecule has 5 heteroatoms. The second kappa shape index (κ2) is 3.16. The molecule has 0 amide bonds. The summed E-state index contributed by atoms with van der Waals surface area (Å²) in [5, 5.41) is 8.11. The molecule has 2 aromatic carbocycles. The predicted molar refractivity (Wildman–Crippen MR) is 66.5 cm³/mol. The van der Waals surface area contributed by atoms with Crippen molar-refractivity contribution in [3.63, 3.8) is 0 Å². The maximum Gasteiger partial charge on any atom is 0.342 e. The van der Waals surface area contributed by atoms with Gasteiger partial charge in [-0.3, -0.25) is 0 Å². The van der Waals surface area contributed by atoms with Gasteiger partial charge in [-0.2, -0.15) is 5.10 Å². The van der Waals surface area contributed by atoms with Crippen LogP contribution in [-0.4, -0.2) is 14.9 Å². The third-order valence-electron chi connectivity index (χ3n) is 3.07. The van der Waals surface area contributed by atoms with Crippen LogP contribution in [0.4, 0.5) is 0 Å². The van der Waals surface area contributed by atoms with Crippen LogP contribution in [0.1, 0.15) is 0 Å². The van der Waals surface area contributed by atoms with Crippen molar-refractivity contribution in [3.8, 4) is 0 Å². The van der Waals surface area contributed by atoms with Crippen molar-refractivity contribution in [1.82, 2.24) is 14.9 Å². The quantitative estimate of drug-likeness (QED) is 0.462. The molecule has 0 fully saturated rings. The maximum atomic E-state index is 12.4. The van der Waals surface area contributed by atoms with E-state index in [0.29, 0.717) is 5.39 Å². The van der Waals surface area contributed by atoms with Gasteiger partial charge in [0.25, 0.3) is 0 Å². The average Bonchev–Trinajstić information content (AvgIpc) is 2.77. The van der Waals surface area contributed by atoms with E-state index in [-0.39, 0.29) is 5.56 Å². The minimum atomic E-state index is -0.0712. The fourth-order valence-electron chi connectivity index (χ4n) is 2.24. The Morgan fingerprint density at radius 2 is 1.83 bits per heavy atom. The molecular formula is C13H9N4O+. The largest absolute Gasteiger partial charge is 0.342 e. The minimum absolute atomic E-state index is 0.0712. The molecule has 2 heterocycles. The molecule has 0 saturated carbocycles. The summed E-state index contributed by atoms with van der Waals surface area (Å²) in [5.74, 6) is 0. The van der Waals surface area contributed by atoms with E-state index >= 15 is 0 Å². The molecule has 4 aromatic rings. The van der Waals surface area contributed by atoms with E-state index in [4.69, 9.17) is 0 Å². The zero-order valence-corrected chi connectivity index (χ0v) is 9.37. The zero-order valence-electron chi connectivity index (χ0n) is 9.37. The molecule has 0 aliphatic rings. The first kappa shape index (κ1) is 9.35. The van der Waals surface area contributed by atoms with Crippen molar-refractivity contribution < 1.29 is 4.52 Å². The van der Waals surface area contributed by atoms with Crippen LogP contribution in [0.3, 0.4) is 0 Å². The van der Waals surface area contributed by atoms with Crippen LogP contribution in [0.25, 0.3) is 21.9 Å². The summed E-state index contributed by atoms with van der Waals surface area (Å²) in [4.78, 5) is 12.4. The van der Waals surface area contributed by atoms with Gasteiger partial charge in [-0.25, -0.2) is 4.79 Å². The third kappa shape index (κ3) is 1.08. The molecule has 0 atom stereocenters. The smallest absolute Gasteiger partial charge is 0.248 e. The van der Waals surface area contributed by atoms with Gasteiger partial charge in [0, 0.05) is 5.10 Å². The number of hydrogen-bond acceptors (Lipinski definition) is 2. The van der Waals surface area contributed by atoms with E-state index in [9.17, 15) is 4.79 Å². The average molecular weight is 237 g/mol. The molecule has 1 N–H and O–H groups in total. The lowest BCUT2D eigenvalue weighted by atomic mass is 10.2. The van der Waals surface area contributed by atoms with Crippen LogP contribution in [0.2, 0.25) is 0 Å². The van der Waals surface area contributed by atoms with Crippen molar-refractivity contribution in [2.24, 2.45) is 0 Å². The molecule has 0 saturated heterocycles. The summed E-state index contributed by atoms with van der Waals surface area (Å²) in [7, 11) is 0. The van der Waals surface area contributed by atoms with E-state index in [2.05, 4.69) is 10.2 Å². The molecule has 18 heavy (non-hydrogen) atoms. The van der Waals surface area contributed by atoms with Crippen LogP contribution in [-0.2, 0) is 0 Å². The van der Waals surface area contributed by atoms with Crippen LogP contribution in [0, 0.1) is 0 Å². The highest BCUT2D eigenvalue weighted by Gasteiger charge is 2.16. The first-order valence-electron chi connectivity index (χ1n) is 5.65. The lowest BCUT2D eigenvalue weighted by Gasteiger charge is -1.93. The molecule has 5 nitrogen and oxygen atoms in total. The molecule has 2 aromatic heterocycles. The monoisotopic (exact) mass is 237 g/mol. The molecular weight excluding hydrogens is 228 g/mol. The third-order valence-corrected chi connectivity index (χ3v) is 3.07. The van der Waals surface area contributed by atoms with E-state index in [1.165, 1.54) is 9.26 Å². The topological polar surface area (TPSA) is 54.3 Å². The Labute approximate surface area is 101 Å². The van der Waals surface area contributed by atoms with Gasteiger partial charge in [0.05, 0.1) is 10.1 Å². The number of nitrogens with zero attached hydrogens (tertiary/aromatic N) is 3. The van der Waals surface area contributed by atoms with Gasteiger partial charge in [0.2, 0.25) is 5.52 Å². The first-order chi connectivity index (χ1) is 8.84. The molecule has 0 bridgehead atoms. The van der Waals surface area contributed by atoms with E-state index in [0.717, 1.165) is 16.6 Å². The Balaban J connectivity index is 2.39. The van der Waals surface area contributed by atoms with E-state index in [1.54, 1.807) is 0 Å². The van der Waals surface area contributed by atoms with Crippen molar-refractivity contribution in [2.75, 3.05) is 0 Å². The number of fused-ring (bicyclic) bond motifs is 4. The summed E-state index contributed by atoms with van der Waals surface area (Å²) >= 11 is 0. The molecule has 0 unspecified atom stereocenters. The minimum Gasteiger partial charge on any atom is -0.248 e. The lowest BCUT2D eigenvalue weighted by Crippen LogP contribution is -2.46. The summed E-state index contributed by atoms with van der Waals surface area (Å²) in [6.45, 7) is 0. The van der Waals surface area contributed by atoms with Gasteiger partial charge in [0.15, 0.2) is 5.52 Å². The van der Waals surface area contributed by atoms with Crippen molar-refractivity contribution in [2.45, 2.75) is 0 Å². The van der Waals surface area contributed by atoms with Gasteiger partial charge >= 0.3 is 5.56 Å². The Hall–Kier alpha value is -2.69. The van der Waals surface area contributed by atoms with Crippen LogP contribution in [0.5, 0.6) is 0 Å². The molecule has 0 radical (unpaired) electrons. The highest BCUT2D eigenvalue weighted by atomic mass is 16.1. The first-order valence-corrected chi connectivity index (χ1v) is 5.65. The van der Waals surface area contributed by atoms with E-state index in [1.807, 2.05) is 48.5 Å². The van der Waals surface area contributed by atoms with Crippen molar-refractivity contribution in [1.29, 1.82) is 0 Å². The van der Waals surface area contributed by atoms with Crippen LogP contribution < -0.4 is 10.1 Å². The Bertz CT molecular complexity index is 951. The Morgan fingerprint density at radius 3 is 2.78 bits per heavy atom. The molecule has 4 rings (SSSR count). The standard InChI is InChI=1S/C13H8N4O/c18-13-9-5-1-2-6-10(9)14-17-15-11-7-3-4-8-12(11)16(13)17/h1-8H/p+1. The van der Waals surface area contributed by atoms with Gasteiger partial charge in [-0.05, 0) is 24.3 Å².